The molecule has 1 aromatic carbocycles. The van der Waals surface area contributed by atoms with Crippen molar-refractivity contribution in [1.82, 2.24) is 10.3 Å². The highest BCUT2D eigenvalue weighted by molar-refractivity contribution is 5.27. The second-order valence-electron chi connectivity index (χ2n) is 3.99. The molecular weight excluding hydrogens is 250 g/mol. The molecule has 3 nitrogen and oxygen atoms in total. The number of hydrogen-bond acceptors (Lipinski definition) is 3. The number of benzene rings is 1. The number of hydrogen-bond donors (Lipinski definition) is 1. The fraction of sp³-hybridized carbons (Fsp3) is 0.214. The lowest BCUT2D eigenvalue weighted by Crippen LogP contribution is -2.12. The maximum absolute atomic E-state index is 12.0. The van der Waals surface area contributed by atoms with Gasteiger partial charge < -0.3 is 10.1 Å². The van der Waals surface area contributed by atoms with Gasteiger partial charge in [-0.25, -0.2) is 0 Å². The van der Waals surface area contributed by atoms with E-state index in [1.165, 1.54) is 12.1 Å². The van der Waals surface area contributed by atoms with E-state index in [1.54, 1.807) is 24.5 Å². The maximum atomic E-state index is 12.0. The Hall–Kier alpha value is -2.01. The van der Waals surface area contributed by atoms with Crippen LogP contribution in [0.2, 0.25) is 0 Å². The molecule has 0 saturated heterocycles. The highest BCUT2D eigenvalue weighted by Gasteiger charge is 2.03. The van der Waals surface area contributed by atoms with Crippen molar-refractivity contribution in [1.29, 1.82) is 0 Å². The number of nitrogens with one attached hydrogen (secondary N) is 1. The van der Waals surface area contributed by atoms with Gasteiger partial charge in [-0.1, -0.05) is 18.2 Å². The van der Waals surface area contributed by atoms with Crippen LogP contribution >= 0.6 is 0 Å². The summed E-state index contributed by atoms with van der Waals surface area (Å²) < 4.78 is 28.2. The number of nitrogens with zero attached hydrogens (tertiary/aromatic N) is 1. The molecule has 0 bridgehead atoms. The van der Waals surface area contributed by atoms with E-state index in [0.29, 0.717) is 13.1 Å². The summed E-state index contributed by atoms with van der Waals surface area (Å²) in [6, 6.07) is 10.5. The molecule has 1 aromatic heterocycles. The summed E-state index contributed by atoms with van der Waals surface area (Å²) in [7, 11) is 0. The summed E-state index contributed by atoms with van der Waals surface area (Å²) in [6.45, 7) is -1.41. The van der Waals surface area contributed by atoms with Gasteiger partial charge in [0.1, 0.15) is 5.75 Å². The summed E-state index contributed by atoms with van der Waals surface area (Å²) >= 11 is 0. The van der Waals surface area contributed by atoms with Crippen LogP contribution in [0.4, 0.5) is 8.78 Å². The van der Waals surface area contributed by atoms with Crippen molar-refractivity contribution in [2.45, 2.75) is 19.7 Å². The molecule has 0 saturated carbocycles. The average Bonchev–Trinajstić information content (AvgIpc) is 2.41. The molecule has 0 radical (unpaired) electrons. The quantitative estimate of drug-likeness (QED) is 0.871. The van der Waals surface area contributed by atoms with Crippen LogP contribution in [0, 0.1) is 0 Å². The number of aromatic nitrogens is 1. The molecule has 0 aliphatic carbocycles. The number of ether oxygens (including phenoxy) is 1. The lowest BCUT2D eigenvalue weighted by atomic mass is 10.2. The molecular formula is C14H14F2N2O. The molecule has 0 unspecified atom stereocenters. The van der Waals surface area contributed by atoms with E-state index in [0.717, 1.165) is 11.1 Å². The molecule has 0 amide bonds. The van der Waals surface area contributed by atoms with Crippen LogP contribution in [0.15, 0.2) is 48.8 Å². The molecule has 1 heterocycles. The third kappa shape index (κ3) is 4.63. The molecule has 0 aliphatic rings. The molecule has 2 rings (SSSR count). The number of halogens is 2. The highest BCUT2D eigenvalue weighted by Crippen LogP contribution is 2.14. The van der Waals surface area contributed by atoms with Gasteiger partial charge >= 0.3 is 6.61 Å². The van der Waals surface area contributed by atoms with Gasteiger partial charge in [-0.15, -0.1) is 0 Å². The molecule has 2 aromatic rings. The van der Waals surface area contributed by atoms with E-state index in [-0.39, 0.29) is 5.75 Å². The lowest BCUT2D eigenvalue weighted by molar-refractivity contribution is -0.0498. The summed E-state index contributed by atoms with van der Waals surface area (Å²) in [6.07, 6.45) is 3.53. The van der Waals surface area contributed by atoms with Gasteiger partial charge in [0.25, 0.3) is 0 Å². The first kappa shape index (κ1) is 13.4. The van der Waals surface area contributed by atoms with Gasteiger partial charge in [-0.05, 0) is 29.3 Å². The summed E-state index contributed by atoms with van der Waals surface area (Å²) in [5.74, 6) is 0.172. The Morgan fingerprint density at radius 2 is 1.79 bits per heavy atom. The Bertz CT molecular complexity index is 489. The van der Waals surface area contributed by atoms with E-state index >= 15 is 0 Å². The second-order valence-corrected chi connectivity index (χ2v) is 3.99. The number of alkyl halides is 2. The van der Waals surface area contributed by atoms with Crippen LogP contribution in [0.25, 0.3) is 0 Å². The molecule has 0 spiro atoms. The number of pyridine rings is 1. The monoisotopic (exact) mass is 264 g/mol. The van der Waals surface area contributed by atoms with Gasteiger partial charge in [0, 0.05) is 25.5 Å². The lowest BCUT2D eigenvalue weighted by Gasteiger charge is -2.07. The van der Waals surface area contributed by atoms with Gasteiger partial charge in [-0.2, -0.15) is 8.78 Å². The van der Waals surface area contributed by atoms with Crippen LogP contribution in [-0.4, -0.2) is 11.6 Å². The minimum Gasteiger partial charge on any atom is -0.435 e. The fourth-order valence-corrected chi connectivity index (χ4v) is 1.64. The first-order valence-electron chi connectivity index (χ1n) is 5.87. The Kier molecular flexibility index (Phi) is 4.80. The van der Waals surface area contributed by atoms with Crippen LogP contribution in [0.1, 0.15) is 11.1 Å². The van der Waals surface area contributed by atoms with Crippen LogP contribution in [0.5, 0.6) is 5.75 Å². The summed E-state index contributed by atoms with van der Waals surface area (Å²) in [5, 5.41) is 3.25. The predicted octanol–water partition coefficient (Wildman–Crippen LogP) is 2.97. The van der Waals surface area contributed by atoms with Crippen molar-refractivity contribution < 1.29 is 13.5 Å². The van der Waals surface area contributed by atoms with E-state index in [1.807, 2.05) is 12.1 Å². The summed E-state index contributed by atoms with van der Waals surface area (Å²) in [4.78, 5) is 4.02. The third-order valence-electron chi connectivity index (χ3n) is 2.53. The fourth-order valence-electron chi connectivity index (χ4n) is 1.64. The van der Waals surface area contributed by atoms with Crippen LogP contribution in [0.3, 0.4) is 0 Å². The minimum absolute atomic E-state index is 0.172. The largest absolute Gasteiger partial charge is 0.435 e. The van der Waals surface area contributed by atoms with Crippen molar-refractivity contribution in [2.24, 2.45) is 0 Å². The second kappa shape index (κ2) is 6.80. The van der Waals surface area contributed by atoms with E-state index in [2.05, 4.69) is 15.0 Å². The molecule has 100 valence electrons. The topological polar surface area (TPSA) is 34.1 Å². The average molecular weight is 264 g/mol. The van der Waals surface area contributed by atoms with Crippen molar-refractivity contribution >= 4 is 0 Å². The van der Waals surface area contributed by atoms with Gasteiger partial charge in [0.15, 0.2) is 0 Å². The first-order chi connectivity index (χ1) is 9.24. The molecule has 1 N–H and O–H groups in total. The Morgan fingerprint density at radius 1 is 1.05 bits per heavy atom. The molecule has 0 fully saturated rings. The molecule has 0 aliphatic heterocycles. The maximum Gasteiger partial charge on any atom is 0.387 e. The Balaban J connectivity index is 1.80. The van der Waals surface area contributed by atoms with Crippen LogP contribution < -0.4 is 10.1 Å². The van der Waals surface area contributed by atoms with Crippen molar-refractivity contribution in [3.05, 3.63) is 59.9 Å². The van der Waals surface area contributed by atoms with Crippen molar-refractivity contribution in [3.8, 4) is 5.75 Å². The first-order valence-corrected chi connectivity index (χ1v) is 5.87. The number of rotatable bonds is 6. The van der Waals surface area contributed by atoms with Crippen molar-refractivity contribution in [2.75, 3.05) is 0 Å². The standard InChI is InChI=1S/C14H14F2N2O/c15-14(16)19-13-5-3-11(4-6-13)8-18-10-12-2-1-7-17-9-12/h1-7,9,14,18H,8,10H2. The zero-order chi connectivity index (χ0) is 13.5. The normalized spacial score (nSPS) is 10.7. The third-order valence-corrected chi connectivity index (χ3v) is 2.53. The van der Waals surface area contributed by atoms with Gasteiger partial charge in [0.05, 0.1) is 0 Å². The molecule has 5 heteroatoms. The van der Waals surface area contributed by atoms with Crippen molar-refractivity contribution in [3.63, 3.8) is 0 Å². The molecule has 0 atom stereocenters. The minimum atomic E-state index is -2.78. The highest BCUT2D eigenvalue weighted by atomic mass is 19.3. The van der Waals surface area contributed by atoms with E-state index in [9.17, 15) is 8.78 Å². The Labute approximate surface area is 110 Å². The van der Waals surface area contributed by atoms with Gasteiger partial charge in [-0.3, -0.25) is 4.98 Å². The zero-order valence-electron chi connectivity index (χ0n) is 10.2. The molecule has 19 heavy (non-hydrogen) atoms. The van der Waals surface area contributed by atoms with E-state index < -0.39 is 6.61 Å². The van der Waals surface area contributed by atoms with E-state index in [4.69, 9.17) is 0 Å². The van der Waals surface area contributed by atoms with Gasteiger partial charge in [0.2, 0.25) is 0 Å². The smallest absolute Gasteiger partial charge is 0.387 e. The van der Waals surface area contributed by atoms with Crippen LogP contribution in [-0.2, 0) is 13.1 Å². The summed E-state index contributed by atoms with van der Waals surface area (Å²) in [5.41, 5.74) is 2.10. The Morgan fingerprint density at radius 3 is 2.42 bits per heavy atom. The predicted molar refractivity (Wildman–Crippen MR) is 67.9 cm³/mol. The SMILES string of the molecule is FC(F)Oc1ccc(CNCc2cccnc2)cc1. The zero-order valence-corrected chi connectivity index (χ0v) is 10.2.